The number of hydrogen-bond acceptors (Lipinski definition) is 12. The summed E-state index contributed by atoms with van der Waals surface area (Å²) < 4.78 is 47.4. The molecule has 3 N–H and O–H groups in total. The monoisotopic (exact) mass is 586 g/mol. The molecule has 2 heterocycles. The summed E-state index contributed by atoms with van der Waals surface area (Å²) in [5, 5.41) is 22.2. The van der Waals surface area contributed by atoms with E-state index >= 15 is 0 Å². The molecule has 222 valence electrons. The Morgan fingerprint density at radius 2 is 1.75 bits per heavy atom. The van der Waals surface area contributed by atoms with Crippen LogP contribution < -0.4 is 11.2 Å². The Balaban J connectivity index is 2.09. The lowest BCUT2D eigenvalue weighted by atomic mass is 10.0. The number of carbonyl (C=O) groups excluding carboxylic acids is 1. The zero-order chi connectivity index (χ0) is 29.4. The van der Waals surface area contributed by atoms with E-state index in [0.717, 1.165) is 4.57 Å². The maximum absolute atomic E-state index is 13.3. The van der Waals surface area contributed by atoms with Gasteiger partial charge in [0.15, 0.2) is 18.2 Å². The van der Waals surface area contributed by atoms with Gasteiger partial charge in [0.05, 0.1) is 32.0 Å². The number of aryl methyl sites for hydroxylation is 1. The summed E-state index contributed by atoms with van der Waals surface area (Å²) in [4.78, 5) is 40.1. The number of aliphatic hydroxyl groups is 2. The van der Waals surface area contributed by atoms with E-state index in [1.165, 1.54) is 46.2 Å². The lowest BCUT2D eigenvalue weighted by Crippen LogP contribution is -2.48. The van der Waals surface area contributed by atoms with Crippen molar-refractivity contribution in [1.29, 1.82) is 0 Å². The van der Waals surface area contributed by atoms with Crippen molar-refractivity contribution in [2.45, 2.75) is 57.3 Å². The second kappa shape index (κ2) is 14.3. The quantitative estimate of drug-likeness (QED) is 0.162. The minimum absolute atomic E-state index is 0.0424. The first-order chi connectivity index (χ1) is 19.1. The van der Waals surface area contributed by atoms with Crippen molar-refractivity contribution in [3.63, 3.8) is 0 Å². The average Bonchev–Trinajstić information content (AvgIpc) is 3.28. The van der Waals surface area contributed by atoms with Gasteiger partial charge in [-0.2, -0.15) is 0 Å². The summed E-state index contributed by atoms with van der Waals surface area (Å²) in [5.74, 6) is -2.94. The van der Waals surface area contributed by atoms with Crippen molar-refractivity contribution in [3.8, 4) is 0 Å². The van der Waals surface area contributed by atoms with Gasteiger partial charge < -0.3 is 38.2 Å². The first kappa shape index (κ1) is 31.8. The molecule has 1 aliphatic rings. The van der Waals surface area contributed by atoms with Crippen LogP contribution >= 0.6 is 7.60 Å². The topological polar surface area (TPSA) is 185 Å². The molecule has 0 radical (unpaired) electrons. The standard InChI is InChI=1S/C25H35N2O12P/c1-5-36-40(33,37-6-2)24(31)17(28)18-19(39-23(30)16-10-8-7-9-11-16)20(35-13-12-34-4)22(38-18)27-14-15(3)21(29)26-25(27)32/h7-11,14,17-20,22,24,28,31H,5-6,12-13H2,1-4H3,(H,26,29,32)/t17-,18-,19-,20-,22-,24-/m1/s1. The summed E-state index contributed by atoms with van der Waals surface area (Å²) in [6.45, 7) is 4.39. The Kier molecular flexibility index (Phi) is 11.4. The highest BCUT2D eigenvalue weighted by Gasteiger charge is 2.56. The van der Waals surface area contributed by atoms with Gasteiger partial charge in [0.2, 0.25) is 0 Å². The lowest BCUT2D eigenvalue weighted by molar-refractivity contribution is -0.113. The van der Waals surface area contributed by atoms with Crippen LogP contribution in [0.4, 0.5) is 0 Å². The maximum Gasteiger partial charge on any atom is 0.361 e. The van der Waals surface area contributed by atoms with Crippen molar-refractivity contribution < 1.29 is 47.6 Å². The van der Waals surface area contributed by atoms with Crippen molar-refractivity contribution in [2.24, 2.45) is 0 Å². The molecule has 0 unspecified atom stereocenters. The highest BCUT2D eigenvalue weighted by atomic mass is 31.2. The van der Waals surface area contributed by atoms with Crippen LogP contribution in [0.15, 0.2) is 46.1 Å². The first-order valence-electron chi connectivity index (χ1n) is 12.7. The maximum atomic E-state index is 13.3. The number of ether oxygens (including phenoxy) is 4. The fraction of sp³-hybridized carbons (Fsp3) is 0.560. The van der Waals surface area contributed by atoms with E-state index < -0.39 is 61.3 Å². The third-order valence-corrected chi connectivity index (χ3v) is 8.27. The second-order valence-corrected chi connectivity index (χ2v) is 10.9. The van der Waals surface area contributed by atoms with Crippen LogP contribution in [0.1, 0.15) is 36.0 Å². The molecule has 40 heavy (non-hydrogen) atoms. The molecule has 2 aromatic rings. The minimum atomic E-state index is -4.29. The molecule has 1 aromatic carbocycles. The van der Waals surface area contributed by atoms with E-state index in [0.29, 0.717) is 0 Å². The molecule has 0 aliphatic carbocycles. The van der Waals surface area contributed by atoms with E-state index in [1.54, 1.807) is 18.2 Å². The van der Waals surface area contributed by atoms with Gasteiger partial charge >= 0.3 is 19.3 Å². The predicted molar refractivity (Wildman–Crippen MR) is 140 cm³/mol. The zero-order valence-corrected chi connectivity index (χ0v) is 23.5. The highest BCUT2D eigenvalue weighted by molar-refractivity contribution is 7.54. The van der Waals surface area contributed by atoms with E-state index in [-0.39, 0.29) is 37.6 Å². The Morgan fingerprint density at radius 3 is 2.35 bits per heavy atom. The van der Waals surface area contributed by atoms with Crippen molar-refractivity contribution in [2.75, 3.05) is 33.5 Å². The van der Waals surface area contributed by atoms with Gasteiger partial charge in [-0.15, -0.1) is 0 Å². The summed E-state index contributed by atoms with van der Waals surface area (Å²) in [7, 11) is -2.85. The number of benzene rings is 1. The third-order valence-electron chi connectivity index (χ3n) is 6.08. The number of nitrogens with one attached hydrogen (secondary N) is 1. The molecule has 14 nitrogen and oxygen atoms in total. The molecule has 0 saturated carbocycles. The Morgan fingerprint density at radius 1 is 1.10 bits per heavy atom. The summed E-state index contributed by atoms with van der Waals surface area (Å²) in [6.07, 6.45) is -6.43. The van der Waals surface area contributed by atoms with Crippen LogP contribution in [-0.4, -0.2) is 89.5 Å². The summed E-state index contributed by atoms with van der Waals surface area (Å²) >= 11 is 0. The average molecular weight is 587 g/mol. The van der Waals surface area contributed by atoms with Crippen molar-refractivity contribution in [3.05, 3.63) is 68.5 Å². The molecular formula is C25H35N2O12P. The van der Waals surface area contributed by atoms with Gasteiger partial charge in [-0.3, -0.25) is 18.9 Å². The normalized spacial score (nSPS) is 22.6. The molecule has 0 bridgehead atoms. The first-order valence-corrected chi connectivity index (χ1v) is 14.3. The van der Waals surface area contributed by atoms with Gasteiger partial charge in [0.25, 0.3) is 5.56 Å². The van der Waals surface area contributed by atoms with Crippen molar-refractivity contribution in [1.82, 2.24) is 9.55 Å². The SMILES string of the molecule is CCOP(=O)(OCC)[C@@H](O)[C@H](O)[C@H]1O[C@@H](n2cc(C)c(=O)[nH]c2=O)[C@H](OCCOC)[C@@H]1OC(=O)c1ccccc1. The highest BCUT2D eigenvalue weighted by Crippen LogP contribution is 2.54. The van der Waals surface area contributed by atoms with Crippen LogP contribution in [0.3, 0.4) is 0 Å². The smallest absolute Gasteiger partial charge is 0.361 e. The molecule has 1 aromatic heterocycles. The number of nitrogens with zero attached hydrogens (tertiary/aromatic N) is 1. The van der Waals surface area contributed by atoms with E-state index in [2.05, 4.69) is 4.98 Å². The molecule has 1 fully saturated rings. The summed E-state index contributed by atoms with van der Waals surface area (Å²) in [5.41, 5.74) is -1.15. The zero-order valence-electron chi connectivity index (χ0n) is 22.6. The fourth-order valence-electron chi connectivity index (χ4n) is 4.19. The molecule has 1 saturated heterocycles. The molecule has 3 rings (SSSR count). The van der Waals surface area contributed by atoms with Crippen molar-refractivity contribution >= 4 is 13.6 Å². The van der Waals surface area contributed by atoms with Gasteiger partial charge in [0.1, 0.15) is 18.3 Å². The lowest BCUT2D eigenvalue weighted by Gasteiger charge is -2.31. The van der Waals surface area contributed by atoms with Gasteiger partial charge in [-0.05, 0) is 32.9 Å². The number of hydrogen-bond donors (Lipinski definition) is 3. The Bertz CT molecular complexity index is 1270. The van der Waals surface area contributed by atoms with Gasteiger partial charge in [-0.1, -0.05) is 18.2 Å². The Hall–Kier alpha value is -2.68. The molecule has 0 amide bonds. The fourth-order valence-corrected chi connectivity index (χ4v) is 5.83. The molecule has 1 aliphatic heterocycles. The number of aliphatic hydroxyl groups excluding tert-OH is 2. The van der Waals surface area contributed by atoms with E-state index in [4.69, 9.17) is 28.0 Å². The number of methoxy groups -OCH3 is 1. The number of rotatable bonds is 14. The largest absolute Gasteiger partial charge is 0.453 e. The Labute approximate surface area is 230 Å². The molecule has 15 heteroatoms. The minimum Gasteiger partial charge on any atom is -0.453 e. The number of H-pyrrole nitrogens is 1. The summed E-state index contributed by atoms with van der Waals surface area (Å²) in [6, 6.07) is 7.96. The van der Waals surface area contributed by atoms with E-state index in [9.17, 15) is 29.2 Å². The van der Waals surface area contributed by atoms with Gasteiger partial charge in [-0.25, -0.2) is 9.59 Å². The molecule has 6 atom stereocenters. The molecular weight excluding hydrogens is 551 g/mol. The van der Waals surface area contributed by atoms with Crippen LogP contribution in [0.25, 0.3) is 0 Å². The van der Waals surface area contributed by atoms with Gasteiger partial charge in [0, 0.05) is 18.9 Å². The van der Waals surface area contributed by atoms with Crippen LogP contribution in [0, 0.1) is 6.92 Å². The number of aromatic nitrogens is 2. The van der Waals surface area contributed by atoms with E-state index in [1.807, 2.05) is 0 Å². The number of aromatic amines is 1. The van der Waals surface area contributed by atoms with Crippen LogP contribution in [0.2, 0.25) is 0 Å². The predicted octanol–water partition coefficient (Wildman–Crippen LogP) is 0.945. The second-order valence-electron chi connectivity index (χ2n) is 8.81. The number of esters is 1. The third kappa shape index (κ3) is 7.14. The molecule has 0 spiro atoms. The van der Waals surface area contributed by atoms with Crippen LogP contribution in [0.5, 0.6) is 0 Å². The van der Waals surface area contributed by atoms with Crippen LogP contribution in [-0.2, 0) is 32.6 Å². The number of carbonyl (C=O) groups is 1.